The molecule has 2 aliphatic rings. The van der Waals surface area contributed by atoms with Crippen LogP contribution >= 0.6 is 11.8 Å². The van der Waals surface area contributed by atoms with E-state index in [0.717, 1.165) is 5.56 Å². The molecule has 0 aromatic heterocycles. The Balaban J connectivity index is 1.65. The van der Waals surface area contributed by atoms with E-state index in [-0.39, 0.29) is 30.5 Å². The van der Waals surface area contributed by atoms with Crippen LogP contribution in [0, 0.1) is 0 Å². The number of fused-ring (bicyclic) bond motifs is 1. The molecule has 1 aromatic rings. The summed E-state index contributed by atoms with van der Waals surface area (Å²) in [5.41, 5.74) is 1.23. The van der Waals surface area contributed by atoms with Gasteiger partial charge in [-0.05, 0) is 11.5 Å². The van der Waals surface area contributed by atoms with Gasteiger partial charge in [0.1, 0.15) is 23.7 Å². The van der Waals surface area contributed by atoms with Crippen LogP contribution in [0.5, 0.6) is 0 Å². The van der Waals surface area contributed by atoms with Crippen molar-refractivity contribution in [3.05, 3.63) is 47.2 Å². The number of ether oxygens (including phenoxy) is 1. The summed E-state index contributed by atoms with van der Waals surface area (Å²) in [6.45, 7) is 2.99. The van der Waals surface area contributed by atoms with Crippen LogP contribution in [0.2, 0.25) is 0 Å². The number of carboxylic acids is 1. The topological polar surface area (TPSA) is 113 Å². The van der Waals surface area contributed by atoms with E-state index in [1.165, 1.54) is 23.6 Å². The summed E-state index contributed by atoms with van der Waals surface area (Å²) in [5, 5.41) is 11.8. The monoisotopic (exact) mass is 418 g/mol. The summed E-state index contributed by atoms with van der Waals surface area (Å²) in [6, 6.07) is 8.84. The number of nitrogens with zero attached hydrogens (tertiary/aromatic N) is 1. The maximum atomic E-state index is 12.6. The summed E-state index contributed by atoms with van der Waals surface area (Å²) in [6.07, 6.45) is 0.227. The normalized spacial score (nSPS) is 21.7. The molecule has 29 heavy (non-hydrogen) atoms. The largest absolute Gasteiger partial charge is 0.477 e. The van der Waals surface area contributed by atoms with E-state index in [1.54, 1.807) is 0 Å². The lowest BCUT2D eigenvalue weighted by molar-refractivity contribution is -0.151. The number of hydrogen-bond acceptors (Lipinski definition) is 6. The van der Waals surface area contributed by atoms with Crippen LogP contribution in [-0.4, -0.2) is 57.5 Å². The van der Waals surface area contributed by atoms with Gasteiger partial charge in [0.2, 0.25) is 5.91 Å². The van der Waals surface area contributed by atoms with Gasteiger partial charge in [-0.1, -0.05) is 37.3 Å². The number of benzene rings is 1. The number of thioether (sulfide) groups is 1. The molecular formula is C20H22N2O6S. The van der Waals surface area contributed by atoms with Crippen molar-refractivity contribution in [2.75, 3.05) is 12.4 Å². The highest BCUT2D eigenvalue weighted by Crippen LogP contribution is 2.40. The molecule has 0 unspecified atom stereocenters. The van der Waals surface area contributed by atoms with Crippen molar-refractivity contribution in [3.8, 4) is 0 Å². The second-order valence-corrected chi connectivity index (χ2v) is 8.11. The Kier molecular flexibility index (Phi) is 6.26. The van der Waals surface area contributed by atoms with Crippen molar-refractivity contribution in [1.29, 1.82) is 0 Å². The number of rotatable bonds is 7. The fourth-order valence-corrected chi connectivity index (χ4v) is 4.72. The molecule has 1 saturated heterocycles. The number of aliphatic carboxylic acids is 1. The highest BCUT2D eigenvalue weighted by atomic mass is 32.2. The predicted molar refractivity (Wildman–Crippen MR) is 106 cm³/mol. The van der Waals surface area contributed by atoms with Gasteiger partial charge < -0.3 is 15.2 Å². The van der Waals surface area contributed by atoms with Crippen LogP contribution in [0.25, 0.3) is 0 Å². The van der Waals surface area contributed by atoms with Gasteiger partial charge in [0.15, 0.2) is 0 Å². The van der Waals surface area contributed by atoms with E-state index >= 15 is 0 Å². The van der Waals surface area contributed by atoms with E-state index in [9.17, 15) is 24.3 Å². The highest BCUT2D eigenvalue weighted by molar-refractivity contribution is 8.00. The molecule has 0 bridgehead atoms. The molecule has 0 radical (unpaired) electrons. The Morgan fingerprint density at radius 3 is 2.62 bits per heavy atom. The smallest absolute Gasteiger partial charge is 0.352 e. The third-order valence-corrected chi connectivity index (χ3v) is 6.22. The quantitative estimate of drug-likeness (QED) is 0.509. The first-order valence-corrected chi connectivity index (χ1v) is 10.2. The maximum absolute atomic E-state index is 12.6. The molecule has 2 heterocycles. The Labute approximate surface area is 172 Å². The Morgan fingerprint density at radius 1 is 1.31 bits per heavy atom. The van der Waals surface area contributed by atoms with Crippen LogP contribution in [0.3, 0.4) is 0 Å². The average molecular weight is 418 g/mol. The number of esters is 1. The zero-order chi connectivity index (χ0) is 21.1. The molecule has 0 aliphatic carbocycles. The van der Waals surface area contributed by atoms with Gasteiger partial charge in [-0.25, -0.2) is 4.79 Å². The van der Waals surface area contributed by atoms with Gasteiger partial charge in [-0.3, -0.25) is 19.3 Å². The maximum Gasteiger partial charge on any atom is 0.352 e. The molecule has 8 nitrogen and oxygen atoms in total. The molecule has 2 amide bonds. The summed E-state index contributed by atoms with van der Waals surface area (Å²) < 4.78 is 4.90. The Morgan fingerprint density at radius 2 is 2.00 bits per heavy atom. The first-order valence-electron chi connectivity index (χ1n) is 9.17. The van der Waals surface area contributed by atoms with Gasteiger partial charge in [0, 0.05) is 24.7 Å². The molecule has 154 valence electrons. The fourth-order valence-electron chi connectivity index (χ4n) is 3.39. The van der Waals surface area contributed by atoms with E-state index in [0.29, 0.717) is 11.3 Å². The summed E-state index contributed by atoms with van der Waals surface area (Å²) >= 11 is 1.34. The lowest BCUT2D eigenvalue weighted by Crippen LogP contribution is -2.70. The minimum atomic E-state index is -1.26. The predicted octanol–water partition coefficient (Wildman–Crippen LogP) is 1.48. The van der Waals surface area contributed by atoms with Crippen molar-refractivity contribution < 1.29 is 29.0 Å². The Bertz CT molecular complexity index is 869. The number of carbonyl (C=O) groups excluding carboxylic acids is 3. The molecule has 3 rings (SSSR count). The third kappa shape index (κ3) is 4.45. The number of amides is 2. The molecule has 2 N–H and O–H groups in total. The van der Waals surface area contributed by atoms with Gasteiger partial charge in [-0.15, -0.1) is 11.8 Å². The molecule has 1 fully saturated rings. The minimum Gasteiger partial charge on any atom is -0.477 e. The number of hydrogen-bond donors (Lipinski definition) is 2. The zero-order valence-corrected chi connectivity index (χ0v) is 16.9. The highest BCUT2D eigenvalue weighted by Gasteiger charge is 2.54. The van der Waals surface area contributed by atoms with E-state index in [4.69, 9.17) is 4.74 Å². The first kappa shape index (κ1) is 20.9. The van der Waals surface area contributed by atoms with Gasteiger partial charge in [0.05, 0.1) is 0 Å². The minimum absolute atomic E-state index is 0.00806. The standard InChI is InChI=1S/C20H22N2O6S/c1-11(13-6-4-3-5-7-13)8-15(24)21-16-18(25)22-17(20(26)27)14(9-28-12(2)23)10-29-19(16)22/h3-7,11,16,19H,8-10H2,1-2H3,(H,21,24)(H,26,27)/t11-,16-,19-/m1/s1. The van der Waals surface area contributed by atoms with Crippen LogP contribution in [0.15, 0.2) is 41.6 Å². The van der Waals surface area contributed by atoms with Crippen LogP contribution in [0.1, 0.15) is 31.7 Å². The van der Waals surface area contributed by atoms with Crippen molar-refractivity contribution in [2.24, 2.45) is 0 Å². The molecule has 2 aliphatic heterocycles. The molecule has 3 atom stereocenters. The summed E-state index contributed by atoms with van der Waals surface area (Å²) in [4.78, 5) is 48.9. The number of nitrogens with one attached hydrogen (secondary N) is 1. The number of β-lactam (4-membered cyclic amide) rings is 1. The molecule has 0 saturated carbocycles. The lowest BCUT2D eigenvalue weighted by atomic mass is 9.96. The van der Waals surface area contributed by atoms with E-state index in [2.05, 4.69) is 5.32 Å². The van der Waals surface area contributed by atoms with Crippen molar-refractivity contribution in [3.63, 3.8) is 0 Å². The molecular weight excluding hydrogens is 396 g/mol. The third-order valence-electron chi connectivity index (χ3n) is 4.88. The van der Waals surface area contributed by atoms with Crippen molar-refractivity contribution in [2.45, 2.75) is 37.6 Å². The van der Waals surface area contributed by atoms with Gasteiger partial charge in [-0.2, -0.15) is 0 Å². The average Bonchev–Trinajstić information content (AvgIpc) is 2.70. The van der Waals surface area contributed by atoms with Crippen molar-refractivity contribution >= 4 is 35.5 Å². The van der Waals surface area contributed by atoms with Crippen molar-refractivity contribution in [1.82, 2.24) is 10.2 Å². The number of carbonyl (C=O) groups is 4. The van der Waals surface area contributed by atoms with Crippen LogP contribution < -0.4 is 5.32 Å². The zero-order valence-electron chi connectivity index (χ0n) is 16.1. The fraction of sp³-hybridized carbons (Fsp3) is 0.400. The molecule has 0 spiro atoms. The van der Waals surface area contributed by atoms with E-state index in [1.807, 2.05) is 37.3 Å². The van der Waals surface area contributed by atoms with Crippen LogP contribution in [-0.2, 0) is 23.9 Å². The molecule has 9 heteroatoms. The van der Waals surface area contributed by atoms with Gasteiger partial charge >= 0.3 is 11.9 Å². The Hall–Kier alpha value is -2.81. The summed E-state index contributed by atoms with van der Waals surface area (Å²) in [7, 11) is 0. The number of carboxylic acid groups (broad SMARTS) is 1. The van der Waals surface area contributed by atoms with Crippen LogP contribution in [0.4, 0.5) is 0 Å². The van der Waals surface area contributed by atoms with Gasteiger partial charge in [0.25, 0.3) is 5.91 Å². The molecule has 1 aromatic carbocycles. The second kappa shape index (κ2) is 8.69. The first-order chi connectivity index (χ1) is 13.8. The second-order valence-electron chi connectivity index (χ2n) is 7.01. The van der Waals surface area contributed by atoms with E-state index < -0.39 is 29.3 Å². The lowest BCUT2D eigenvalue weighted by Gasteiger charge is -2.49. The SMILES string of the molecule is CC(=O)OCC1=C(C(=O)O)N2C(=O)[C@@H](NC(=O)C[C@@H](C)c3ccccc3)[C@H]2SC1. The summed E-state index contributed by atoms with van der Waals surface area (Å²) in [5.74, 6) is -2.22.